The number of hydrogen-bond acceptors (Lipinski definition) is 6. The Labute approximate surface area is 264 Å². The average Bonchev–Trinajstić information content (AvgIpc) is 3.10. The van der Waals surface area contributed by atoms with Gasteiger partial charge in [0, 0.05) is 45.1 Å². The number of pyridine rings is 2. The maximum atomic E-state index is 7.04. The molecule has 3 aliphatic rings. The fourth-order valence-corrected chi connectivity index (χ4v) is 8.38. The van der Waals surface area contributed by atoms with E-state index in [2.05, 4.69) is 124 Å². The molecule has 7 aromatic rings. The van der Waals surface area contributed by atoms with Crippen LogP contribution in [0.4, 0.5) is 34.1 Å². The Morgan fingerprint density at radius 3 is 2.27 bits per heavy atom. The highest BCUT2D eigenvalue weighted by molar-refractivity contribution is 8.00. The van der Waals surface area contributed by atoms with Crippen LogP contribution in [0.25, 0.3) is 10.9 Å². The molecule has 0 fully saturated rings. The summed E-state index contributed by atoms with van der Waals surface area (Å²) in [7, 11) is 0. The van der Waals surface area contributed by atoms with Crippen LogP contribution >= 0.6 is 11.8 Å². The number of nitrogens with zero attached hydrogens (tertiary/aromatic N) is 4. The van der Waals surface area contributed by atoms with E-state index in [9.17, 15) is 0 Å². The number of aromatic nitrogens is 2. The lowest BCUT2D eigenvalue weighted by molar-refractivity contribution is 0.478. The van der Waals surface area contributed by atoms with Crippen molar-refractivity contribution < 1.29 is 4.74 Å². The first kappa shape index (κ1) is 24.9. The Morgan fingerprint density at radius 2 is 1.36 bits per heavy atom. The zero-order valence-corrected chi connectivity index (χ0v) is 24.8. The molecule has 0 radical (unpaired) electrons. The number of anilines is 6. The van der Waals surface area contributed by atoms with Crippen molar-refractivity contribution in [2.75, 3.05) is 9.80 Å². The third-order valence-electron chi connectivity index (χ3n) is 9.02. The minimum absolute atomic E-state index is 0.0699. The van der Waals surface area contributed by atoms with Gasteiger partial charge in [-0.2, -0.15) is 0 Å². The summed E-state index contributed by atoms with van der Waals surface area (Å²) in [4.78, 5) is 16.4. The summed E-state index contributed by atoms with van der Waals surface area (Å²) in [6.45, 7) is 0.0699. The molecule has 45 heavy (non-hydrogen) atoms. The van der Waals surface area contributed by atoms with Gasteiger partial charge >= 0.3 is 0 Å². The first-order chi connectivity index (χ1) is 22.3. The minimum Gasteiger partial charge on any atom is -0.451 e. The van der Waals surface area contributed by atoms with Crippen molar-refractivity contribution in [2.45, 2.75) is 9.79 Å². The van der Waals surface area contributed by atoms with Gasteiger partial charge in [0.1, 0.15) is 0 Å². The molecule has 0 saturated carbocycles. The van der Waals surface area contributed by atoms with Gasteiger partial charge in [-0.25, -0.2) is 0 Å². The van der Waals surface area contributed by atoms with E-state index >= 15 is 0 Å². The van der Waals surface area contributed by atoms with Gasteiger partial charge in [0.05, 0.1) is 28.3 Å². The summed E-state index contributed by atoms with van der Waals surface area (Å²) < 4.78 is 7.04. The maximum Gasteiger partial charge on any atom is 0.249 e. The zero-order chi connectivity index (χ0) is 29.5. The molecule has 210 valence electrons. The SMILES string of the molecule is c1ccc2c(c1)Oc1c(cc3c4c1N(c1ccncc1)c1ccccc1B4c1ccccc1S3)N2c1cccc2cccnc12. The normalized spacial score (nSPS) is 13.7. The smallest absolute Gasteiger partial charge is 0.249 e. The molecule has 2 aromatic heterocycles. The predicted molar refractivity (Wildman–Crippen MR) is 184 cm³/mol. The quantitative estimate of drug-likeness (QED) is 0.189. The fraction of sp³-hybridized carbons (Fsp3) is 0. The summed E-state index contributed by atoms with van der Waals surface area (Å²) in [6.07, 6.45) is 5.59. The number of hydrogen-bond donors (Lipinski definition) is 0. The van der Waals surface area contributed by atoms with E-state index in [0.29, 0.717) is 0 Å². The molecule has 5 aromatic carbocycles. The van der Waals surface area contributed by atoms with Crippen LogP contribution in [0, 0.1) is 0 Å². The number of rotatable bonds is 2. The lowest BCUT2D eigenvalue weighted by atomic mass is 9.35. The van der Waals surface area contributed by atoms with Crippen molar-refractivity contribution in [1.82, 2.24) is 9.97 Å². The molecule has 7 heteroatoms. The second-order valence-electron chi connectivity index (χ2n) is 11.4. The van der Waals surface area contributed by atoms with Gasteiger partial charge in [-0.15, -0.1) is 0 Å². The maximum absolute atomic E-state index is 7.04. The molecule has 3 aliphatic heterocycles. The van der Waals surface area contributed by atoms with E-state index in [1.165, 1.54) is 26.2 Å². The van der Waals surface area contributed by atoms with Crippen LogP contribution in [0.2, 0.25) is 0 Å². The molecule has 0 atom stereocenters. The fourth-order valence-electron chi connectivity index (χ4n) is 7.20. The molecule has 0 bridgehead atoms. The van der Waals surface area contributed by atoms with Gasteiger partial charge in [0.15, 0.2) is 11.5 Å². The van der Waals surface area contributed by atoms with Crippen LogP contribution in [0.1, 0.15) is 0 Å². The second kappa shape index (κ2) is 9.49. The van der Waals surface area contributed by atoms with E-state index in [-0.39, 0.29) is 6.71 Å². The van der Waals surface area contributed by atoms with Crippen LogP contribution in [-0.2, 0) is 0 Å². The number of para-hydroxylation sites is 4. The molecule has 0 unspecified atom stereocenters. The van der Waals surface area contributed by atoms with Crippen molar-refractivity contribution in [3.05, 3.63) is 140 Å². The predicted octanol–water partition coefficient (Wildman–Crippen LogP) is 7.97. The molecule has 10 rings (SSSR count). The summed E-state index contributed by atoms with van der Waals surface area (Å²) >= 11 is 1.84. The van der Waals surface area contributed by atoms with Gasteiger partial charge in [-0.3, -0.25) is 9.97 Å². The Kier molecular flexibility index (Phi) is 5.24. The molecular formula is C38H23BN4OS. The van der Waals surface area contributed by atoms with Gasteiger partial charge in [0.2, 0.25) is 6.71 Å². The third kappa shape index (κ3) is 3.53. The van der Waals surface area contributed by atoms with E-state index in [4.69, 9.17) is 9.72 Å². The first-order valence-electron chi connectivity index (χ1n) is 15.0. The van der Waals surface area contributed by atoms with Crippen LogP contribution < -0.4 is 30.9 Å². The van der Waals surface area contributed by atoms with Gasteiger partial charge in [0.25, 0.3) is 0 Å². The molecule has 0 aliphatic carbocycles. The highest BCUT2D eigenvalue weighted by atomic mass is 32.2. The molecule has 0 N–H and O–H groups in total. The molecule has 5 heterocycles. The van der Waals surface area contributed by atoms with E-state index in [1.807, 2.05) is 42.5 Å². The Hall–Kier alpha value is -5.53. The van der Waals surface area contributed by atoms with Crippen LogP contribution in [0.5, 0.6) is 11.5 Å². The first-order valence-corrected chi connectivity index (χ1v) is 15.8. The van der Waals surface area contributed by atoms with Gasteiger partial charge in [-0.05, 0) is 65.5 Å². The Morgan fingerprint density at radius 1 is 0.600 bits per heavy atom. The van der Waals surface area contributed by atoms with Gasteiger partial charge in [-0.1, -0.05) is 84.0 Å². The standard InChI is InChI=1S/C38H23BN4OS/c1-3-13-28-26(11-1)39-27-12-2-6-17-33(27)45-34-23-31-38(37(35(34)39)42(28)25-18-21-40-22-19-25)44-32-16-5-4-14-29(32)43(31)30-15-7-9-24-10-8-20-41-36(24)30/h1-23H. The van der Waals surface area contributed by atoms with Crippen molar-refractivity contribution in [3.63, 3.8) is 0 Å². The lowest BCUT2D eigenvalue weighted by Crippen LogP contribution is -2.60. The summed E-state index contributed by atoms with van der Waals surface area (Å²) in [5.74, 6) is 1.64. The molecule has 0 saturated heterocycles. The van der Waals surface area contributed by atoms with E-state index < -0.39 is 0 Å². The number of fused-ring (bicyclic) bond motifs is 8. The van der Waals surface area contributed by atoms with Crippen molar-refractivity contribution in [2.24, 2.45) is 0 Å². The molecular weight excluding hydrogens is 571 g/mol. The summed E-state index contributed by atoms with van der Waals surface area (Å²) in [5, 5.41) is 1.09. The topological polar surface area (TPSA) is 41.5 Å². The van der Waals surface area contributed by atoms with E-state index in [1.54, 1.807) is 0 Å². The summed E-state index contributed by atoms with van der Waals surface area (Å²) in [5.41, 5.74) is 11.0. The lowest BCUT2D eigenvalue weighted by Gasteiger charge is -2.43. The largest absolute Gasteiger partial charge is 0.451 e. The minimum atomic E-state index is 0.0699. The van der Waals surface area contributed by atoms with Crippen LogP contribution in [-0.4, -0.2) is 16.7 Å². The van der Waals surface area contributed by atoms with Crippen molar-refractivity contribution >= 4 is 79.9 Å². The van der Waals surface area contributed by atoms with Crippen LogP contribution in [0.3, 0.4) is 0 Å². The average molecular weight is 595 g/mol. The van der Waals surface area contributed by atoms with E-state index in [0.717, 1.165) is 56.5 Å². The number of ether oxygens (including phenoxy) is 1. The Balaban J connectivity index is 1.34. The Bertz CT molecular complexity index is 2320. The summed E-state index contributed by atoms with van der Waals surface area (Å²) in [6, 6.07) is 42.9. The van der Waals surface area contributed by atoms with Crippen molar-refractivity contribution in [3.8, 4) is 11.5 Å². The van der Waals surface area contributed by atoms with Gasteiger partial charge < -0.3 is 14.5 Å². The van der Waals surface area contributed by atoms with Crippen molar-refractivity contribution in [1.29, 1.82) is 0 Å². The zero-order valence-electron chi connectivity index (χ0n) is 24.0. The monoisotopic (exact) mass is 594 g/mol. The molecule has 0 amide bonds. The third-order valence-corrected chi connectivity index (χ3v) is 10.2. The second-order valence-corrected chi connectivity index (χ2v) is 12.5. The molecule has 5 nitrogen and oxygen atoms in total. The number of benzene rings is 5. The van der Waals surface area contributed by atoms with Crippen LogP contribution in [0.15, 0.2) is 150 Å². The molecule has 0 spiro atoms. The highest BCUT2D eigenvalue weighted by Gasteiger charge is 2.45. The highest BCUT2D eigenvalue weighted by Crippen LogP contribution is 2.58.